The molecule has 5 heteroatoms. The molecule has 0 bridgehead atoms. The third kappa shape index (κ3) is 3.07. The number of aromatic nitrogens is 3. The Balaban J connectivity index is 1.78. The smallest absolute Gasteiger partial charge is 0.217 e. The van der Waals surface area contributed by atoms with Crippen LogP contribution in [-0.4, -0.2) is 15.0 Å². The lowest BCUT2D eigenvalue weighted by Crippen LogP contribution is -2.00. The van der Waals surface area contributed by atoms with Crippen LogP contribution in [0.5, 0.6) is 5.88 Å². The third-order valence-electron chi connectivity index (χ3n) is 3.08. The highest BCUT2D eigenvalue weighted by Gasteiger charge is 2.05. The van der Waals surface area contributed by atoms with Gasteiger partial charge in [-0.1, -0.05) is 18.2 Å². The molecule has 0 unspecified atom stereocenters. The van der Waals surface area contributed by atoms with Gasteiger partial charge in [0.2, 0.25) is 5.88 Å². The molecule has 3 rings (SSSR count). The van der Waals surface area contributed by atoms with Crippen molar-refractivity contribution < 1.29 is 4.74 Å². The second-order valence-corrected chi connectivity index (χ2v) is 4.51. The van der Waals surface area contributed by atoms with Crippen molar-refractivity contribution in [3.05, 3.63) is 72.2 Å². The molecule has 0 amide bonds. The monoisotopic (exact) mass is 288 g/mol. The van der Waals surface area contributed by atoms with Crippen molar-refractivity contribution in [3.63, 3.8) is 0 Å². The molecule has 0 radical (unpaired) electrons. The van der Waals surface area contributed by atoms with Gasteiger partial charge in [-0.15, -0.1) is 0 Å². The molecule has 0 atom stereocenters. The maximum absolute atomic E-state index is 9.07. The lowest BCUT2D eigenvalue weighted by molar-refractivity contribution is 0.293. The van der Waals surface area contributed by atoms with Crippen molar-refractivity contribution in [3.8, 4) is 23.3 Å². The standard InChI is InChI=1S/C17H12N4O/c18-11-14-3-1-2-4-15(14)12-22-16-7-10-20-17(21-16)13-5-8-19-9-6-13/h1-10H,12H2. The molecule has 2 heterocycles. The van der Waals surface area contributed by atoms with Crippen LogP contribution in [0, 0.1) is 11.3 Å². The number of rotatable bonds is 4. The van der Waals surface area contributed by atoms with Gasteiger partial charge in [-0.25, -0.2) is 4.98 Å². The van der Waals surface area contributed by atoms with Crippen LogP contribution in [-0.2, 0) is 6.61 Å². The van der Waals surface area contributed by atoms with E-state index >= 15 is 0 Å². The van der Waals surface area contributed by atoms with E-state index in [-0.39, 0.29) is 6.61 Å². The number of ether oxygens (including phenoxy) is 1. The highest BCUT2D eigenvalue weighted by atomic mass is 16.5. The predicted molar refractivity (Wildman–Crippen MR) is 80.8 cm³/mol. The number of nitrogens with zero attached hydrogens (tertiary/aromatic N) is 4. The van der Waals surface area contributed by atoms with E-state index in [1.807, 2.05) is 30.3 Å². The zero-order valence-corrected chi connectivity index (χ0v) is 11.7. The first kappa shape index (κ1) is 13.7. The number of hydrogen-bond donors (Lipinski definition) is 0. The SMILES string of the molecule is N#Cc1ccccc1COc1ccnc(-c2ccncc2)n1. The van der Waals surface area contributed by atoms with E-state index in [2.05, 4.69) is 21.0 Å². The molecule has 0 saturated carbocycles. The fourth-order valence-corrected chi connectivity index (χ4v) is 1.97. The van der Waals surface area contributed by atoms with Gasteiger partial charge in [0.1, 0.15) is 6.61 Å². The van der Waals surface area contributed by atoms with E-state index in [1.165, 1.54) is 0 Å². The van der Waals surface area contributed by atoms with Gasteiger partial charge in [0.15, 0.2) is 5.82 Å². The maximum atomic E-state index is 9.07. The van der Waals surface area contributed by atoms with E-state index < -0.39 is 0 Å². The van der Waals surface area contributed by atoms with Crippen molar-refractivity contribution in [2.75, 3.05) is 0 Å². The molecule has 0 aliphatic carbocycles. The summed E-state index contributed by atoms with van der Waals surface area (Å²) in [5.41, 5.74) is 2.30. The van der Waals surface area contributed by atoms with E-state index in [4.69, 9.17) is 10.00 Å². The van der Waals surface area contributed by atoms with Gasteiger partial charge < -0.3 is 4.74 Å². The van der Waals surface area contributed by atoms with Crippen LogP contribution < -0.4 is 4.74 Å². The molecule has 22 heavy (non-hydrogen) atoms. The Kier molecular flexibility index (Phi) is 4.03. The third-order valence-corrected chi connectivity index (χ3v) is 3.08. The van der Waals surface area contributed by atoms with Gasteiger partial charge in [-0.3, -0.25) is 4.98 Å². The summed E-state index contributed by atoms with van der Waals surface area (Å²) in [5, 5.41) is 9.07. The molecular weight excluding hydrogens is 276 g/mol. The predicted octanol–water partition coefficient (Wildman–Crippen LogP) is 2.99. The Morgan fingerprint density at radius 2 is 1.82 bits per heavy atom. The van der Waals surface area contributed by atoms with Crippen molar-refractivity contribution in [2.45, 2.75) is 6.61 Å². The summed E-state index contributed by atoms with van der Waals surface area (Å²) in [7, 11) is 0. The van der Waals surface area contributed by atoms with E-state index in [1.54, 1.807) is 30.7 Å². The zero-order valence-electron chi connectivity index (χ0n) is 11.7. The minimum atomic E-state index is 0.288. The average molecular weight is 288 g/mol. The summed E-state index contributed by atoms with van der Waals surface area (Å²) < 4.78 is 5.68. The highest BCUT2D eigenvalue weighted by molar-refractivity contribution is 5.53. The quantitative estimate of drug-likeness (QED) is 0.738. The summed E-state index contributed by atoms with van der Waals surface area (Å²) in [6.07, 6.45) is 5.03. The lowest BCUT2D eigenvalue weighted by Gasteiger charge is -2.07. The average Bonchev–Trinajstić information content (AvgIpc) is 2.61. The van der Waals surface area contributed by atoms with E-state index in [9.17, 15) is 0 Å². The fraction of sp³-hybridized carbons (Fsp3) is 0.0588. The first-order valence-corrected chi connectivity index (χ1v) is 6.71. The highest BCUT2D eigenvalue weighted by Crippen LogP contribution is 2.17. The molecule has 0 saturated heterocycles. The Labute approximate surface area is 127 Å². The van der Waals surface area contributed by atoms with Gasteiger partial charge in [-0.2, -0.15) is 10.2 Å². The summed E-state index contributed by atoms with van der Waals surface area (Å²) in [6, 6.07) is 14.9. The minimum Gasteiger partial charge on any atom is -0.473 e. The number of benzene rings is 1. The van der Waals surface area contributed by atoms with Gasteiger partial charge in [0.25, 0.3) is 0 Å². The van der Waals surface area contributed by atoms with Gasteiger partial charge in [-0.05, 0) is 18.2 Å². The fourth-order valence-electron chi connectivity index (χ4n) is 1.97. The van der Waals surface area contributed by atoms with Crippen molar-refractivity contribution in [1.29, 1.82) is 5.26 Å². The van der Waals surface area contributed by atoms with Crippen LogP contribution >= 0.6 is 0 Å². The van der Waals surface area contributed by atoms with Crippen LogP contribution in [0.3, 0.4) is 0 Å². The molecule has 0 N–H and O–H groups in total. The Hall–Kier alpha value is -3.26. The first-order valence-electron chi connectivity index (χ1n) is 6.71. The Morgan fingerprint density at radius 3 is 2.64 bits per heavy atom. The summed E-state index contributed by atoms with van der Waals surface area (Å²) in [5.74, 6) is 1.04. The van der Waals surface area contributed by atoms with Crippen LogP contribution in [0.2, 0.25) is 0 Å². The summed E-state index contributed by atoms with van der Waals surface area (Å²) >= 11 is 0. The van der Waals surface area contributed by atoms with Crippen LogP contribution in [0.25, 0.3) is 11.4 Å². The lowest BCUT2D eigenvalue weighted by atomic mass is 10.1. The topological polar surface area (TPSA) is 71.7 Å². The molecule has 106 valence electrons. The molecule has 0 aliphatic rings. The molecular formula is C17H12N4O. The summed E-state index contributed by atoms with van der Waals surface area (Å²) in [4.78, 5) is 12.6. The minimum absolute atomic E-state index is 0.288. The molecule has 2 aromatic heterocycles. The van der Waals surface area contributed by atoms with Gasteiger partial charge >= 0.3 is 0 Å². The number of nitriles is 1. The van der Waals surface area contributed by atoms with Crippen molar-refractivity contribution in [2.24, 2.45) is 0 Å². The van der Waals surface area contributed by atoms with Gasteiger partial charge in [0.05, 0.1) is 11.6 Å². The van der Waals surface area contributed by atoms with Crippen molar-refractivity contribution >= 4 is 0 Å². The van der Waals surface area contributed by atoms with Gasteiger partial charge in [0, 0.05) is 35.8 Å². The number of hydrogen-bond acceptors (Lipinski definition) is 5. The van der Waals surface area contributed by atoms with Crippen LogP contribution in [0.15, 0.2) is 61.1 Å². The van der Waals surface area contributed by atoms with Crippen LogP contribution in [0.4, 0.5) is 0 Å². The number of pyridine rings is 1. The van der Waals surface area contributed by atoms with Crippen molar-refractivity contribution in [1.82, 2.24) is 15.0 Å². The largest absolute Gasteiger partial charge is 0.473 e. The summed E-state index contributed by atoms with van der Waals surface area (Å²) in [6.45, 7) is 0.288. The molecule has 0 aliphatic heterocycles. The zero-order chi connectivity index (χ0) is 15.2. The second-order valence-electron chi connectivity index (χ2n) is 4.51. The molecule has 1 aromatic carbocycles. The molecule has 3 aromatic rings. The second kappa shape index (κ2) is 6.46. The Bertz CT molecular complexity index is 812. The van der Waals surface area contributed by atoms with Crippen LogP contribution in [0.1, 0.15) is 11.1 Å². The molecule has 0 spiro atoms. The van der Waals surface area contributed by atoms with E-state index in [0.29, 0.717) is 17.3 Å². The maximum Gasteiger partial charge on any atom is 0.217 e. The normalized spacial score (nSPS) is 9.95. The molecule has 0 fully saturated rings. The Morgan fingerprint density at radius 1 is 1.00 bits per heavy atom. The molecule has 5 nitrogen and oxygen atoms in total. The van der Waals surface area contributed by atoms with E-state index in [0.717, 1.165) is 11.1 Å². The first-order chi connectivity index (χ1) is 10.9.